The third-order valence-electron chi connectivity index (χ3n) is 13.4. The third-order valence-corrected chi connectivity index (χ3v) is 13.4. The number of aromatic nitrogens is 8. The van der Waals surface area contributed by atoms with E-state index in [1.165, 1.54) is 0 Å². The van der Waals surface area contributed by atoms with E-state index in [9.17, 15) is 9.59 Å². The molecule has 18 nitrogen and oxygen atoms in total. The fourth-order valence-corrected chi connectivity index (χ4v) is 10.2. The Morgan fingerprint density at radius 2 is 1.18 bits per heavy atom. The van der Waals surface area contributed by atoms with Crippen LogP contribution in [0.1, 0.15) is 79.7 Å². The number of anilines is 4. The summed E-state index contributed by atoms with van der Waals surface area (Å²) in [4.78, 5) is 63.6. The van der Waals surface area contributed by atoms with Gasteiger partial charge in [-0.15, -0.1) is 0 Å². The van der Waals surface area contributed by atoms with Gasteiger partial charge in [0.05, 0.1) is 44.2 Å². The topological polar surface area (TPSA) is 199 Å². The molecule has 2 saturated heterocycles. The van der Waals surface area contributed by atoms with Crippen LogP contribution in [0.15, 0.2) is 54.9 Å². The first kappa shape index (κ1) is 40.6. The lowest BCUT2D eigenvalue weighted by Gasteiger charge is -2.36. The summed E-state index contributed by atoms with van der Waals surface area (Å²) in [6.45, 7) is 12.1. The number of pyridine rings is 2. The van der Waals surface area contributed by atoms with Gasteiger partial charge >= 0.3 is 0 Å². The highest BCUT2D eigenvalue weighted by molar-refractivity contribution is 6.15. The van der Waals surface area contributed by atoms with Crippen LogP contribution in [0.5, 0.6) is 0 Å². The van der Waals surface area contributed by atoms with E-state index in [0.29, 0.717) is 68.9 Å². The van der Waals surface area contributed by atoms with E-state index in [1.54, 1.807) is 7.05 Å². The van der Waals surface area contributed by atoms with Crippen LogP contribution in [0.3, 0.4) is 0 Å². The molecule has 66 heavy (non-hydrogen) atoms. The van der Waals surface area contributed by atoms with Crippen LogP contribution < -0.4 is 41.7 Å². The first-order valence-electron chi connectivity index (χ1n) is 23.4. The van der Waals surface area contributed by atoms with Gasteiger partial charge in [0, 0.05) is 88.4 Å². The highest BCUT2D eigenvalue weighted by Crippen LogP contribution is 2.39. The van der Waals surface area contributed by atoms with Crippen molar-refractivity contribution in [2.75, 3.05) is 53.7 Å². The molecule has 0 radical (unpaired) electrons. The number of nitrogens with zero attached hydrogens (tertiary/aromatic N) is 10. The average molecular weight is 887 g/mol. The van der Waals surface area contributed by atoms with Gasteiger partial charge in [-0.05, 0) is 83.2 Å². The predicted octanol–water partition coefficient (Wildman–Crippen LogP) is 4.99. The van der Waals surface area contributed by atoms with Gasteiger partial charge in [-0.25, -0.2) is 19.9 Å². The average Bonchev–Trinajstić information content (AvgIpc) is 4.24. The molecule has 4 fully saturated rings. The van der Waals surface area contributed by atoms with Gasteiger partial charge in [0.2, 0.25) is 11.9 Å². The summed E-state index contributed by atoms with van der Waals surface area (Å²) in [6, 6.07) is 15.5. The number of hydrogen-bond donors (Lipinski definition) is 6. The second-order valence-electron chi connectivity index (χ2n) is 19.0. The smallest absolute Gasteiger partial charge is 0.257 e. The monoisotopic (exact) mass is 886 g/mol. The van der Waals surface area contributed by atoms with Gasteiger partial charge in [-0.3, -0.25) is 18.4 Å². The number of para-hydroxylation sites is 2. The number of benzene rings is 2. The summed E-state index contributed by atoms with van der Waals surface area (Å²) >= 11 is 0. The molecule has 2 saturated carbocycles. The van der Waals surface area contributed by atoms with Crippen molar-refractivity contribution in [2.24, 2.45) is 0 Å². The molecule has 2 aromatic carbocycles. The van der Waals surface area contributed by atoms with Crippen molar-refractivity contribution in [3.63, 3.8) is 0 Å². The Kier molecular flexibility index (Phi) is 9.60. The van der Waals surface area contributed by atoms with Crippen molar-refractivity contribution in [1.82, 2.24) is 60.0 Å². The molecule has 338 valence electrons. The second kappa shape index (κ2) is 15.6. The van der Waals surface area contributed by atoms with Gasteiger partial charge < -0.3 is 41.7 Å². The summed E-state index contributed by atoms with van der Waals surface area (Å²) in [7, 11) is 1.65. The lowest BCUT2D eigenvalue weighted by Crippen LogP contribution is -2.54. The SMILES string of the molecule is CNC(=O)c1c(NC2CC2)c2cnc(N3CC(C)NC(C)C3)nc2n2c1nc1ccc(CNc3c(C(=O)NC4CC4)c4nc5ccccc5n4c4nc(N5CC(C)NC(C)C5)ncc34)cc12. The number of rotatable bonds is 10. The minimum Gasteiger partial charge on any atom is -0.381 e. The molecule has 6 aromatic heterocycles. The van der Waals surface area contributed by atoms with Gasteiger partial charge in [-0.2, -0.15) is 9.97 Å². The third kappa shape index (κ3) is 7.01. The maximum Gasteiger partial charge on any atom is 0.257 e. The van der Waals surface area contributed by atoms with Gasteiger partial charge in [0.25, 0.3) is 11.8 Å². The molecule has 2 amide bonds. The summed E-state index contributed by atoms with van der Waals surface area (Å²) in [5, 5.41) is 22.2. The molecule has 4 unspecified atom stereocenters. The van der Waals surface area contributed by atoms with Crippen molar-refractivity contribution >= 4 is 90.5 Å². The Morgan fingerprint density at radius 1 is 0.636 bits per heavy atom. The molecule has 4 atom stereocenters. The van der Waals surface area contributed by atoms with E-state index in [-0.39, 0.29) is 48.1 Å². The molecule has 12 rings (SSSR count). The lowest BCUT2D eigenvalue weighted by atomic mass is 10.1. The Hall–Kier alpha value is -6.92. The lowest BCUT2D eigenvalue weighted by molar-refractivity contribution is 0.0948. The standard InChI is InChI=1S/C48H54N16O2/c1-24-20-61(21-25(2)53-24)47-51-18-31-39(37(46(66)56-30-13-14-30)43-57-33-8-6-7-9-35(33)63(43)41(31)59-47)50-17-28-10-15-34-36(16-28)64-42-32(19-52-48(60-42)62-22-26(3)54-27(4)23-62)40(55-29-11-12-29)38(44(64)58-34)45(65)49-5/h6-10,15-16,18-19,24-27,29-30,50,53-55H,11-14,17,20-23H2,1-5H3,(H,49,65)(H,56,66). The molecule has 2 aliphatic carbocycles. The van der Waals surface area contributed by atoms with E-state index >= 15 is 0 Å². The summed E-state index contributed by atoms with van der Waals surface area (Å²) in [6.07, 6.45) is 7.63. The van der Waals surface area contributed by atoms with Crippen LogP contribution in [0.2, 0.25) is 0 Å². The second-order valence-corrected chi connectivity index (χ2v) is 19.0. The van der Waals surface area contributed by atoms with E-state index in [4.69, 9.17) is 29.9 Å². The van der Waals surface area contributed by atoms with Crippen molar-refractivity contribution in [2.45, 2.75) is 96.2 Å². The molecular formula is C48H54N16O2. The number of hydrogen-bond acceptors (Lipinski definition) is 14. The number of carbonyl (C=O) groups is 2. The summed E-state index contributed by atoms with van der Waals surface area (Å²) in [5.41, 5.74) is 8.65. The van der Waals surface area contributed by atoms with Crippen LogP contribution >= 0.6 is 0 Å². The normalized spacial score (nSPS) is 21.4. The highest BCUT2D eigenvalue weighted by Gasteiger charge is 2.33. The fourth-order valence-electron chi connectivity index (χ4n) is 10.2. The van der Waals surface area contributed by atoms with Crippen LogP contribution in [0, 0.1) is 0 Å². The molecule has 8 aromatic rings. The number of nitrogens with one attached hydrogen (secondary N) is 6. The summed E-state index contributed by atoms with van der Waals surface area (Å²) in [5.74, 6) is 0.827. The van der Waals surface area contributed by atoms with Gasteiger partial charge in [0.15, 0.2) is 22.6 Å². The Labute approximate surface area is 380 Å². The largest absolute Gasteiger partial charge is 0.381 e. The van der Waals surface area contributed by atoms with Crippen LogP contribution in [0.4, 0.5) is 23.3 Å². The van der Waals surface area contributed by atoms with Crippen molar-refractivity contribution in [1.29, 1.82) is 0 Å². The van der Waals surface area contributed by atoms with Crippen molar-refractivity contribution < 1.29 is 9.59 Å². The number of carbonyl (C=O) groups excluding carboxylic acids is 2. The molecule has 0 spiro atoms. The maximum atomic E-state index is 14.5. The first-order valence-corrected chi connectivity index (χ1v) is 23.4. The molecule has 4 aliphatic rings. The molecule has 2 aliphatic heterocycles. The van der Waals surface area contributed by atoms with Gasteiger partial charge in [0.1, 0.15) is 11.1 Å². The first-order chi connectivity index (χ1) is 32.1. The van der Waals surface area contributed by atoms with Crippen molar-refractivity contribution in [3.05, 3.63) is 71.5 Å². The van der Waals surface area contributed by atoms with Crippen LogP contribution in [-0.2, 0) is 6.54 Å². The van der Waals surface area contributed by atoms with E-state index in [2.05, 4.69) is 75.5 Å². The molecule has 8 heterocycles. The van der Waals surface area contributed by atoms with E-state index < -0.39 is 0 Å². The molecule has 18 heteroatoms. The van der Waals surface area contributed by atoms with Crippen LogP contribution in [-0.4, -0.2) is 120 Å². The highest BCUT2D eigenvalue weighted by atomic mass is 16.2. The van der Waals surface area contributed by atoms with Crippen LogP contribution in [0.25, 0.3) is 55.4 Å². The Balaban J connectivity index is 1.02. The minimum absolute atomic E-state index is 0.121. The number of fused-ring (bicyclic) bond motifs is 10. The quantitative estimate of drug-likeness (QED) is 0.107. The Morgan fingerprint density at radius 3 is 1.77 bits per heavy atom. The number of amides is 2. The number of piperazine rings is 2. The molecule has 6 N–H and O–H groups in total. The molecule has 0 bridgehead atoms. The van der Waals surface area contributed by atoms with E-state index in [0.717, 1.165) is 84.9 Å². The molecular weight excluding hydrogens is 833 g/mol. The zero-order valence-electron chi connectivity index (χ0n) is 37.8. The van der Waals surface area contributed by atoms with Crippen molar-refractivity contribution in [3.8, 4) is 0 Å². The minimum atomic E-state index is -0.242. The van der Waals surface area contributed by atoms with E-state index in [1.807, 2.05) is 57.6 Å². The number of imidazole rings is 2. The fraction of sp³-hybridized carbons (Fsp3) is 0.417. The predicted molar refractivity (Wildman–Crippen MR) is 258 cm³/mol. The zero-order valence-corrected chi connectivity index (χ0v) is 37.8. The van der Waals surface area contributed by atoms with Gasteiger partial charge in [-0.1, -0.05) is 18.2 Å². The zero-order chi connectivity index (χ0) is 45.0. The Bertz CT molecular complexity index is 3260. The summed E-state index contributed by atoms with van der Waals surface area (Å²) < 4.78 is 4.03. The maximum absolute atomic E-state index is 14.5.